The second kappa shape index (κ2) is 10.1. The van der Waals surface area contributed by atoms with Crippen molar-refractivity contribution in [1.29, 1.82) is 0 Å². The monoisotopic (exact) mass is 524 g/mol. The molecule has 202 valence electrons. The van der Waals surface area contributed by atoms with Gasteiger partial charge >= 0.3 is 0 Å². The van der Waals surface area contributed by atoms with E-state index >= 15 is 0 Å². The van der Waals surface area contributed by atoms with Gasteiger partial charge in [0.25, 0.3) is 0 Å². The number of aliphatic hydroxyl groups is 1. The van der Waals surface area contributed by atoms with E-state index in [-0.39, 0.29) is 11.0 Å². The van der Waals surface area contributed by atoms with Gasteiger partial charge in [-0.05, 0) is 87.7 Å². The fourth-order valence-corrected chi connectivity index (χ4v) is 10.2. The molecule has 0 aromatic heterocycles. The summed E-state index contributed by atoms with van der Waals surface area (Å²) in [6.45, 7) is 10.6. The van der Waals surface area contributed by atoms with Crippen LogP contribution in [0.4, 0.5) is 0 Å². The fourth-order valence-electron chi connectivity index (χ4n) is 6.96. The first-order chi connectivity index (χ1) is 17.6. The van der Waals surface area contributed by atoms with Crippen LogP contribution in [-0.4, -0.2) is 35.9 Å². The molecule has 5 heteroatoms. The Balaban J connectivity index is 1.81. The lowest BCUT2D eigenvalue weighted by Crippen LogP contribution is -2.40. The molecular weight excluding hydrogens is 479 g/mol. The highest BCUT2D eigenvalue weighted by Gasteiger charge is 2.49. The molecule has 2 aromatic carbocycles. The Morgan fingerprint density at radius 3 is 1.78 bits per heavy atom. The van der Waals surface area contributed by atoms with Gasteiger partial charge in [0.2, 0.25) is 0 Å². The van der Waals surface area contributed by atoms with Crippen LogP contribution in [0.3, 0.4) is 0 Å². The third-order valence-electron chi connectivity index (χ3n) is 8.60. The molecule has 0 radical (unpaired) electrons. The van der Waals surface area contributed by atoms with Crippen molar-refractivity contribution in [3.8, 4) is 28.4 Å². The van der Waals surface area contributed by atoms with Crippen LogP contribution < -0.4 is 19.5 Å². The number of hydrogen-bond donors (Lipinski definition) is 1. The van der Waals surface area contributed by atoms with Gasteiger partial charge in [0.05, 0.1) is 19.8 Å². The van der Waals surface area contributed by atoms with Crippen LogP contribution >= 0.6 is 7.92 Å². The van der Waals surface area contributed by atoms with Crippen LogP contribution in [0.5, 0.6) is 17.2 Å². The average molecular weight is 525 g/mol. The molecule has 1 unspecified atom stereocenters. The average Bonchev–Trinajstić information content (AvgIpc) is 3.61. The first kappa shape index (κ1) is 26.8. The standard InChI is InChI=1S/C32H45O4P/c1-31(2,3)37-29-22(17-12-18-25(29)36-30(37)32(4,5)33)26-27(34-6)23(20-13-8-9-14-20)19-24(28(26)35-7)21-15-10-11-16-21/h12,17-21,30,33H,8-11,13-16H2,1-7H3/t30?,37-/m0/s1. The van der Waals surface area contributed by atoms with E-state index in [0.29, 0.717) is 11.8 Å². The summed E-state index contributed by atoms with van der Waals surface area (Å²) in [6, 6.07) is 8.84. The lowest BCUT2D eigenvalue weighted by molar-refractivity contribution is 0.0103. The summed E-state index contributed by atoms with van der Waals surface area (Å²) in [6.07, 6.45) is 10.0. The number of benzene rings is 2. The van der Waals surface area contributed by atoms with E-state index in [1.165, 1.54) is 67.8 Å². The van der Waals surface area contributed by atoms with Crippen LogP contribution in [0.1, 0.15) is 109 Å². The summed E-state index contributed by atoms with van der Waals surface area (Å²) >= 11 is 0. The number of hydrogen-bond acceptors (Lipinski definition) is 4. The minimum Gasteiger partial charge on any atom is -0.496 e. The van der Waals surface area contributed by atoms with Crippen LogP contribution in [0, 0.1) is 0 Å². The van der Waals surface area contributed by atoms with Gasteiger partial charge in [-0.15, -0.1) is 0 Å². The van der Waals surface area contributed by atoms with E-state index in [4.69, 9.17) is 14.2 Å². The molecule has 0 bridgehead atoms. The first-order valence-corrected chi connectivity index (χ1v) is 15.6. The lowest BCUT2D eigenvalue weighted by Gasteiger charge is -2.38. The normalized spacial score (nSPS) is 22.8. The van der Waals surface area contributed by atoms with Gasteiger partial charge in [-0.1, -0.05) is 58.6 Å². The molecule has 2 aliphatic carbocycles. The molecule has 1 aliphatic heterocycles. The maximum atomic E-state index is 11.2. The van der Waals surface area contributed by atoms with Gasteiger partial charge in [-0.3, -0.25) is 0 Å². The smallest absolute Gasteiger partial charge is 0.150 e. The molecule has 1 heterocycles. The van der Waals surface area contributed by atoms with Gasteiger partial charge in [0.1, 0.15) is 28.7 Å². The summed E-state index contributed by atoms with van der Waals surface area (Å²) in [7, 11) is 2.78. The van der Waals surface area contributed by atoms with Crippen molar-refractivity contribution in [2.45, 2.75) is 114 Å². The lowest BCUT2D eigenvalue weighted by atomic mass is 9.85. The van der Waals surface area contributed by atoms with Crippen LogP contribution in [0.2, 0.25) is 0 Å². The van der Waals surface area contributed by atoms with E-state index < -0.39 is 13.5 Å². The molecule has 2 fully saturated rings. The van der Waals surface area contributed by atoms with Crippen molar-refractivity contribution in [3.63, 3.8) is 0 Å². The maximum Gasteiger partial charge on any atom is 0.150 e. The minimum atomic E-state index is -0.954. The molecule has 4 nitrogen and oxygen atoms in total. The van der Waals surface area contributed by atoms with Crippen molar-refractivity contribution in [1.82, 2.24) is 0 Å². The summed E-state index contributed by atoms with van der Waals surface area (Å²) in [5.41, 5.74) is 3.99. The zero-order valence-electron chi connectivity index (χ0n) is 23.8. The van der Waals surface area contributed by atoms with E-state index in [9.17, 15) is 5.11 Å². The van der Waals surface area contributed by atoms with Crippen LogP contribution in [0.25, 0.3) is 11.1 Å². The van der Waals surface area contributed by atoms with E-state index in [0.717, 1.165) is 28.4 Å². The quantitative estimate of drug-likeness (QED) is 0.388. The summed E-state index contributed by atoms with van der Waals surface area (Å²) in [5, 5.41) is 12.4. The molecule has 2 atom stereocenters. The van der Waals surface area contributed by atoms with Gasteiger partial charge in [0, 0.05) is 10.9 Å². The molecule has 2 aromatic rings. The summed E-state index contributed by atoms with van der Waals surface area (Å²) in [5.74, 6) is 3.61. The second-order valence-electron chi connectivity index (χ2n) is 12.8. The molecular formula is C32H45O4P. The van der Waals surface area contributed by atoms with Crippen molar-refractivity contribution >= 4 is 13.2 Å². The Morgan fingerprint density at radius 1 is 0.838 bits per heavy atom. The molecule has 1 N–H and O–H groups in total. The fraction of sp³-hybridized carbons (Fsp3) is 0.625. The van der Waals surface area contributed by atoms with Crippen LogP contribution in [0.15, 0.2) is 24.3 Å². The Kier molecular flexibility index (Phi) is 7.31. The summed E-state index contributed by atoms with van der Waals surface area (Å²) in [4.78, 5) is 0. The number of methoxy groups -OCH3 is 2. The van der Waals surface area contributed by atoms with Crippen molar-refractivity contribution in [2.75, 3.05) is 14.2 Å². The molecule has 0 saturated heterocycles. The zero-order chi connectivity index (χ0) is 26.5. The SMILES string of the molecule is COc1c(C2CCCC2)cc(C2CCCC2)c(OC)c1-c1cccc2c1[P@](C(C)(C)C)C(C(C)(C)O)O2. The van der Waals surface area contributed by atoms with Gasteiger partial charge in [0.15, 0.2) is 0 Å². The Bertz CT molecular complexity index is 1090. The van der Waals surface area contributed by atoms with E-state index in [1.54, 1.807) is 0 Å². The second-order valence-corrected chi connectivity index (χ2v) is 15.8. The zero-order valence-corrected chi connectivity index (χ0v) is 24.7. The predicted molar refractivity (Wildman–Crippen MR) is 154 cm³/mol. The predicted octanol–water partition coefficient (Wildman–Crippen LogP) is 8.08. The third kappa shape index (κ3) is 4.78. The third-order valence-corrected chi connectivity index (χ3v) is 12.2. The van der Waals surface area contributed by atoms with E-state index in [2.05, 4.69) is 45.0 Å². The number of fused-ring (bicyclic) bond motifs is 1. The topological polar surface area (TPSA) is 47.9 Å². The first-order valence-electron chi connectivity index (χ1n) is 14.2. The highest BCUT2D eigenvalue weighted by atomic mass is 31.1. The highest BCUT2D eigenvalue weighted by Crippen LogP contribution is 2.63. The van der Waals surface area contributed by atoms with Crippen molar-refractivity contribution in [3.05, 3.63) is 35.4 Å². The Hall–Kier alpha value is -1.77. The van der Waals surface area contributed by atoms with Gasteiger partial charge in [-0.25, -0.2) is 0 Å². The highest BCUT2D eigenvalue weighted by molar-refractivity contribution is 7.68. The van der Waals surface area contributed by atoms with Crippen molar-refractivity contribution in [2.24, 2.45) is 0 Å². The van der Waals surface area contributed by atoms with Crippen LogP contribution in [-0.2, 0) is 0 Å². The molecule has 0 amide bonds. The molecule has 5 rings (SSSR count). The molecule has 0 spiro atoms. The number of rotatable bonds is 6. The molecule has 2 saturated carbocycles. The van der Waals surface area contributed by atoms with E-state index in [1.807, 2.05) is 28.1 Å². The maximum absolute atomic E-state index is 11.2. The molecule has 37 heavy (non-hydrogen) atoms. The van der Waals surface area contributed by atoms with Gasteiger partial charge in [-0.2, -0.15) is 0 Å². The molecule has 3 aliphatic rings. The minimum absolute atomic E-state index is 0.0564. The summed E-state index contributed by atoms with van der Waals surface area (Å²) < 4.78 is 19.2. The Labute approximate surface area is 224 Å². The van der Waals surface area contributed by atoms with Crippen molar-refractivity contribution < 1.29 is 19.3 Å². The largest absolute Gasteiger partial charge is 0.496 e. The van der Waals surface area contributed by atoms with Gasteiger partial charge < -0.3 is 19.3 Å². The number of ether oxygens (including phenoxy) is 3. The Morgan fingerprint density at radius 2 is 1.35 bits per heavy atom.